The van der Waals surface area contributed by atoms with Gasteiger partial charge in [0.15, 0.2) is 0 Å². The van der Waals surface area contributed by atoms with Gasteiger partial charge in [0, 0.05) is 18.8 Å². The van der Waals surface area contributed by atoms with Gasteiger partial charge < -0.3 is 21.0 Å². The van der Waals surface area contributed by atoms with Gasteiger partial charge in [0.2, 0.25) is 0 Å². The number of carboxylic acid groups (broad SMARTS) is 1. The minimum Gasteiger partial charge on any atom is -0.478 e. The van der Waals surface area contributed by atoms with Gasteiger partial charge in [-0.3, -0.25) is 0 Å². The smallest absolute Gasteiger partial charge is 0.337 e. The average molecular weight is 237 g/mol. The minimum absolute atomic E-state index is 0.214. The highest BCUT2D eigenvalue weighted by molar-refractivity contribution is 5.94. The number of anilines is 2. The molecule has 1 aromatic carbocycles. The molecule has 0 spiro atoms. The Kier molecular flexibility index (Phi) is 3.46. The second kappa shape index (κ2) is 5.03. The topological polar surface area (TPSA) is 87.8 Å². The van der Waals surface area contributed by atoms with Gasteiger partial charge in [-0.2, -0.15) is 0 Å². The van der Waals surface area contributed by atoms with Crippen molar-refractivity contribution in [2.75, 3.05) is 37.5 Å². The number of nitrogens with two attached hydrogens (primary N) is 1. The van der Waals surface area contributed by atoms with E-state index in [1.165, 1.54) is 6.07 Å². The molecular formula is C11H15N3O3. The first kappa shape index (κ1) is 11.7. The minimum atomic E-state index is -0.972. The second-order valence-electron chi connectivity index (χ2n) is 3.82. The summed E-state index contributed by atoms with van der Waals surface area (Å²) in [7, 11) is 0. The number of rotatable bonds is 3. The van der Waals surface area contributed by atoms with Crippen molar-refractivity contribution in [3.63, 3.8) is 0 Å². The number of aromatic carboxylic acids is 1. The summed E-state index contributed by atoms with van der Waals surface area (Å²) in [6.45, 7) is 2.71. The van der Waals surface area contributed by atoms with Gasteiger partial charge in [-0.1, -0.05) is 0 Å². The third-order valence-electron chi connectivity index (χ3n) is 2.56. The molecule has 0 aliphatic carbocycles. The number of ether oxygens (including phenoxy) is 1. The van der Waals surface area contributed by atoms with Gasteiger partial charge in [-0.15, -0.1) is 0 Å². The fourth-order valence-electron chi connectivity index (χ4n) is 1.69. The number of morpholine rings is 1. The van der Waals surface area contributed by atoms with Crippen LogP contribution in [0.4, 0.5) is 11.4 Å². The Morgan fingerprint density at radius 2 is 2.12 bits per heavy atom. The van der Waals surface area contributed by atoms with Crippen molar-refractivity contribution in [2.24, 2.45) is 0 Å². The number of carbonyl (C=O) groups is 1. The zero-order valence-electron chi connectivity index (χ0n) is 9.35. The standard InChI is InChI=1S/C11H15N3O3/c12-8-1-2-9(11(15)16)10(7-8)13-14-3-5-17-6-4-14/h1-2,7,13H,3-6,12H2,(H,15,16). The molecule has 1 aliphatic rings. The van der Waals surface area contributed by atoms with Crippen molar-refractivity contribution in [3.8, 4) is 0 Å². The number of hydrogen-bond acceptors (Lipinski definition) is 5. The Bertz CT molecular complexity index is 416. The lowest BCUT2D eigenvalue weighted by Gasteiger charge is -2.28. The van der Waals surface area contributed by atoms with Crippen LogP contribution in [0.5, 0.6) is 0 Å². The van der Waals surface area contributed by atoms with Crippen LogP contribution in [0, 0.1) is 0 Å². The van der Waals surface area contributed by atoms with E-state index in [1.54, 1.807) is 12.1 Å². The van der Waals surface area contributed by atoms with Crippen molar-refractivity contribution in [3.05, 3.63) is 23.8 Å². The first-order valence-corrected chi connectivity index (χ1v) is 5.39. The Hall–Kier alpha value is -1.79. The SMILES string of the molecule is Nc1ccc(C(=O)O)c(NN2CCOCC2)c1. The summed E-state index contributed by atoms with van der Waals surface area (Å²) >= 11 is 0. The lowest BCUT2D eigenvalue weighted by atomic mass is 10.1. The molecule has 0 aromatic heterocycles. The number of carboxylic acids is 1. The molecule has 1 saturated heterocycles. The predicted molar refractivity (Wildman–Crippen MR) is 63.8 cm³/mol. The van der Waals surface area contributed by atoms with E-state index in [-0.39, 0.29) is 5.56 Å². The van der Waals surface area contributed by atoms with E-state index in [0.717, 1.165) is 0 Å². The van der Waals surface area contributed by atoms with Crippen LogP contribution in [0.2, 0.25) is 0 Å². The van der Waals surface area contributed by atoms with Crippen LogP contribution < -0.4 is 11.2 Å². The van der Waals surface area contributed by atoms with Crippen LogP contribution in [-0.4, -0.2) is 42.4 Å². The van der Waals surface area contributed by atoms with Gasteiger partial charge in [-0.25, -0.2) is 9.80 Å². The van der Waals surface area contributed by atoms with E-state index in [2.05, 4.69) is 5.43 Å². The summed E-state index contributed by atoms with van der Waals surface area (Å²) < 4.78 is 5.22. The summed E-state index contributed by atoms with van der Waals surface area (Å²) in [5, 5.41) is 11.0. The van der Waals surface area contributed by atoms with Crippen LogP contribution in [0.25, 0.3) is 0 Å². The van der Waals surface area contributed by atoms with Gasteiger partial charge in [0.05, 0.1) is 24.5 Å². The van der Waals surface area contributed by atoms with Crippen LogP contribution in [0.1, 0.15) is 10.4 Å². The molecule has 6 nitrogen and oxygen atoms in total. The number of nitrogens with one attached hydrogen (secondary N) is 1. The molecule has 1 aliphatic heterocycles. The lowest BCUT2D eigenvalue weighted by molar-refractivity contribution is 0.0495. The fraction of sp³-hybridized carbons (Fsp3) is 0.364. The first-order valence-electron chi connectivity index (χ1n) is 5.39. The Morgan fingerprint density at radius 3 is 2.76 bits per heavy atom. The fourth-order valence-corrected chi connectivity index (χ4v) is 1.69. The summed E-state index contributed by atoms with van der Waals surface area (Å²) in [6, 6.07) is 4.70. The van der Waals surface area contributed by atoms with E-state index in [0.29, 0.717) is 37.7 Å². The van der Waals surface area contributed by atoms with E-state index >= 15 is 0 Å². The highest BCUT2D eigenvalue weighted by Crippen LogP contribution is 2.20. The maximum atomic E-state index is 11.1. The van der Waals surface area contributed by atoms with Gasteiger partial charge >= 0.3 is 5.97 Å². The third-order valence-corrected chi connectivity index (χ3v) is 2.56. The number of nitrogen functional groups attached to an aromatic ring is 1. The normalized spacial score (nSPS) is 16.7. The van der Waals surface area contributed by atoms with Crippen molar-refractivity contribution < 1.29 is 14.6 Å². The molecule has 0 unspecified atom stereocenters. The molecular weight excluding hydrogens is 222 g/mol. The summed E-state index contributed by atoms with van der Waals surface area (Å²) in [4.78, 5) is 11.1. The Morgan fingerprint density at radius 1 is 1.41 bits per heavy atom. The molecule has 4 N–H and O–H groups in total. The second-order valence-corrected chi connectivity index (χ2v) is 3.82. The number of hydrogen-bond donors (Lipinski definition) is 3. The van der Waals surface area contributed by atoms with Crippen molar-refractivity contribution in [1.29, 1.82) is 0 Å². The molecule has 0 amide bonds. The molecule has 92 valence electrons. The number of benzene rings is 1. The maximum absolute atomic E-state index is 11.1. The zero-order valence-corrected chi connectivity index (χ0v) is 9.35. The number of hydrazine groups is 1. The Balaban J connectivity index is 2.17. The molecule has 17 heavy (non-hydrogen) atoms. The summed E-state index contributed by atoms with van der Waals surface area (Å²) in [5.41, 5.74) is 9.98. The van der Waals surface area contributed by atoms with Crippen molar-refractivity contribution in [2.45, 2.75) is 0 Å². The average Bonchev–Trinajstić information content (AvgIpc) is 2.30. The Labute approximate surface area is 98.9 Å². The number of nitrogens with zero attached hydrogens (tertiary/aromatic N) is 1. The monoisotopic (exact) mass is 237 g/mol. The molecule has 1 aromatic rings. The summed E-state index contributed by atoms with van der Waals surface area (Å²) in [5.74, 6) is -0.972. The van der Waals surface area contributed by atoms with Crippen LogP contribution in [0.15, 0.2) is 18.2 Å². The van der Waals surface area contributed by atoms with Crippen LogP contribution in [-0.2, 0) is 4.74 Å². The molecule has 0 saturated carbocycles. The molecule has 2 rings (SSSR count). The molecule has 0 bridgehead atoms. The van der Waals surface area contributed by atoms with Gasteiger partial charge in [0.25, 0.3) is 0 Å². The van der Waals surface area contributed by atoms with E-state index in [9.17, 15) is 4.79 Å². The molecule has 0 atom stereocenters. The van der Waals surface area contributed by atoms with E-state index < -0.39 is 5.97 Å². The predicted octanol–water partition coefficient (Wildman–Crippen LogP) is 0.626. The molecule has 1 fully saturated rings. The first-order chi connectivity index (χ1) is 8.16. The zero-order chi connectivity index (χ0) is 12.3. The lowest BCUT2D eigenvalue weighted by Crippen LogP contribution is -2.40. The molecule has 0 radical (unpaired) electrons. The van der Waals surface area contributed by atoms with Crippen molar-refractivity contribution in [1.82, 2.24) is 5.01 Å². The maximum Gasteiger partial charge on any atom is 0.337 e. The van der Waals surface area contributed by atoms with E-state index in [4.69, 9.17) is 15.6 Å². The molecule has 6 heteroatoms. The molecule has 1 heterocycles. The van der Waals surface area contributed by atoms with E-state index in [1.807, 2.05) is 5.01 Å². The third kappa shape index (κ3) is 2.86. The highest BCUT2D eigenvalue weighted by Gasteiger charge is 2.15. The van der Waals surface area contributed by atoms with Crippen LogP contribution in [0.3, 0.4) is 0 Å². The quantitative estimate of drug-likeness (QED) is 0.668. The largest absolute Gasteiger partial charge is 0.478 e. The summed E-state index contributed by atoms with van der Waals surface area (Å²) in [6.07, 6.45) is 0. The van der Waals surface area contributed by atoms with Crippen molar-refractivity contribution >= 4 is 17.3 Å². The van der Waals surface area contributed by atoms with Crippen LogP contribution >= 0.6 is 0 Å². The van der Waals surface area contributed by atoms with Gasteiger partial charge in [0.1, 0.15) is 0 Å². The van der Waals surface area contributed by atoms with Gasteiger partial charge in [-0.05, 0) is 18.2 Å². The highest BCUT2D eigenvalue weighted by atomic mass is 16.5.